The summed E-state index contributed by atoms with van der Waals surface area (Å²) in [5, 5.41) is 0. The Morgan fingerprint density at radius 3 is 2.33 bits per heavy atom. The van der Waals surface area contributed by atoms with Gasteiger partial charge in [-0.05, 0) is 43.5 Å². The summed E-state index contributed by atoms with van der Waals surface area (Å²) in [6.45, 7) is 0.728. The average molecular weight is 292 g/mol. The molecule has 0 unspecified atom stereocenters. The molecule has 1 rings (SSSR count). The van der Waals surface area contributed by atoms with E-state index in [1.807, 2.05) is 24.3 Å². The van der Waals surface area contributed by atoms with Crippen LogP contribution in [0, 0.1) is 0 Å². The molecule has 0 heterocycles. The monoisotopic (exact) mass is 291 g/mol. The first-order chi connectivity index (χ1) is 8.26. The topological polar surface area (TPSA) is 44.5 Å². The van der Waals surface area contributed by atoms with Gasteiger partial charge in [-0.2, -0.15) is 12.6 Å². The Balaban J connectivity index is 0.00000289. The van der Waals surface area contributed by atoms with Crippen molar-refractivity contribution in [2.24, 2.45) is 5.73 Å². The highest BCUT2D eigenvalue weighted by Crippen LogP contribution is 2.17. The summed E-state index contributed by atoms with van der Waals surface area (Å²) >= 11 is 4.15. The first kappa shape index (κ1) is 17.4. The Bertz CT molecular complexity index is 308. The lowest BCUT2D eigenvalue weighted by Gasteiger charge is -2.09. The molecule has 0 amide bonds. The summed E-state index contributed by atoms with van der Waals surface area (Å²) in [4.78, 5) is 0. The second-order valence-electron chi connectivity index (χ2n) is 3.96. The van der Waals surface area contributed by atoms with Gasteiger partial charge >= 0.3 is 0 Å². The van der Waals surface area contributed by atoms with Gasteiger partial charge in [0.15, 0.2) is 0 Å². The second-order valence-corrected chi connectivity index (χ2v) is 4.33. The molecule has 0 spiro atoms. The number of halogens is 1. The third kappa shape index (κ3) is 6.99. The zero-order valence-electron chi connectivity index (χ0n) is 10.7. The summed E-state index contributed by atoms with van der Waals surface area (Å²) < 4.78 is 10.7. The fourth-order valence-corrected chi connectivity index (χ4v) is 1.64. The summed E-state index contributed by atoms with van der Waals surface area (Å²) in [6.07, 6.45) is 3.11. The van der Waals surface area contributed by atoms with Crippen molar-refractivity contribution < 1.29 is 9.47 Å². The highest BCUT2D eigenvalue weighted by Gasteiger charge is 1.99. The zero-order chi connectivity index (χ0) is 12.5. The Hall–Kier alpha value is -0.580. The lowest BCUT2D eigenvalue weighted by atomic mass is 10.1. The van der Waals surface area contributed by atoms with Crippen LogP contribution in [0.25, 0.3) is 0 Å². The van der Waals surface area contributed by atoms with E-state index in [4.69, 9.17) is 15.2 Å². The van der Waals surface area contributed by atoms with Crippen LogP contribution in [0.5, 0.6) is 11.5 Å². The van der Waals surface area contributed by atoms with Crippen molar-refractivity contribution in [1.29, 1.82) is 0 Å². The Morgan fingerprint density at radius 2 is 1.78 bits per heavy atom. The standard InChI is InChI=1S/C13H21NO2S.ClH/c1-15-12-5-7-13(8-6-12)16-9-3-2-4-11(14)10-17;/h5-8,11,17H,2-4,9-10,14H2,1H3;1H/t11-;/m1./s1. The summed E-state index contributed by atoms with van der Waals surface area (Å²) in [7, 11) is 1.65. The summed E-state index contributed by atoms with van der Waals surface area (Å²) in [6, 6.07) is 7.83. The maximum absolute atomic E-state index is 5.77. The van der Waals surface area contributed by atoms with Crippen molar-refractivity contribution in [2.45, 2.75) is 25.3 Å². The predicted octanol–water partition coefficient (Wildman–Crippen LogP) is 2.92. The molecule has 3 nitrogen and oxygen atoms in total. The van der Waals surface area contributed by atoms with Crippen molar-refractivity contribution in [3.63, 3.8) is 0 Å². The molecular formula is C13H22ClNO2S. The van der Waals surface area contributed by atoms with E-state index in [0.29, 0.717) is 0 Å². The fraction of sp³-hybridized carbons (Fsp3) is 0.538. The van der Waals surface area contributed by atoms with Gasteiger partial charge in [0.2, 0.25) is 0 Å². The van der Waals surface area contributed by atoms with Gasteiger partial charge in [-0.15, -0.1) is 12.4 Å². The average Bonchev–Trinajstić information content (AvgIpc) is 2.38. The second kappa shape index (κ2) is 10.4. The first-order valence-electron chi connectivity index (χ1n) is 5.89. The van der Waals surface area contributed by atoms with Gasteiger partial charge < -0.3 is 15.2 Å². The van der Waals surface area contributed by atoms with E-state index in [1.165, 1.54) is 0 Å². The molecule has 1 aromatic rings. The normalized spacial score (nSPS) is 11.5. The smallest absolute Gasteiger partial charge is 0.119 e. The van der Waals surface area contributed by atoms with Crippen molar-refractivity contribution in [1.82, 2.24) is 0 Å². The zero-order valence-corrected chi connectivity index (χ0v) is 12.4. The summed E-state index contributed by atoms with van der Waals surface area (Å²) in [5.41, 5.74) is 5.77. The Kier molecular flexibility index (Phi) is 10.0. The van der Waals surface area contributed by atoms with E-state index < -0.39 is 0 Å². The number of hydrogen-bond donors (Lipinski definition) is 2. The van der Waals surface area contributed by atoms with Gasteiger partial charge in [-0.3, -0.25) is 0 Å². The van der Waals surface area contributed by atoms with Gasteiger partial charge in [0.1, 0.15) is 11.5 Å². The number of benzene rings is 1. The van der Waals surface area contributed by atoms with Crippen molar-refractivity contribution in [3.05, 3.63) is 24.3 Å². The number of rotatable bonds is 8. The van der Waals surface area contributed by atoms with Crippen LogP contribution in [0.4, 0.5) is 0 Å². The molecule has 0 aliphatic rings. The lowest BCUT2D eigenvalue weighted by molar-refractivity contribution is 0.303. The molecule has 0 radical (unpaired) electrons. The third-order valence-electron chi connectivity index (χ3n) is 2.53. The van der Waals surface area contributed by atoms with Crippen molar-refractivity contribution in [3.8, 4) is 11.5 Å². The fourth-order valence-electron chi connectivity index (χ4n) is 1.46. The van der Waals surface area contributed by atoms with Crippen LogP contribution in [0.3, 0.4) is 0 Å². The maximum atomic E-state index is 5.77. The molecule has 2 N–H and O–H groups in total. The minimum Gasteiger partial charge on any atom is -0.497 e. The molecule has 0 aromatic heterocycles. The maximum Gasteiger partial charge on any atom is 0.119 e. The highest BCUT2D eigenvalue weighted by molar-refractivity contribution is 7.80. The van der Waals surface area contributed by atoms with Crippen molar-refractivity contribution in [2.75, 3.05) is 19.5 Å². The molecule has 1 aromatic carbocycles. The minimum atomic E-state index is 0. The number of ether oxygens (including phenoxy) is 2. The van der Waals surface area contributed by atoms with E-state index in [0.717, 1.165) is 43.1 Å². The van der Waals surface area contributed by atoms with Crippen LogP contribution in [0.15, 0.2) is 24.3 Å². The molecule has 1 atom stereocenters. The molecule has 0 fully saturated rings. The number of nitrogens with two attached hydrogens (primary N) is 1. The Labute approximate surface area is 121 Å². The van der Waals surface area contributed by atoms with E-state index >= 15 is 0 Å². The molecule has 0 saturated carbocycles. The van der Waals surface area contributed by atoms with Gasteiger partial charge in [0.25, 0.3) is 0 Å². The number of unbranched alkanes of at least 4 members (excludes halogenated alkanes) is 1. The van der Waals surface area contributed by atoms with Gasteiger partial charge in [0.05, 0.1) is 13.7 Å². The van der Waals surface area contributed by atoms with E-state index in [-0.39, 0.29) is 18.4 Å². The Morgan fingerprint density at radius 1 is 1.17 bits per heavy atom. The lowest BCUT2D eigenvalue weighted by Crippen LogP contribution is -2.21. The van der Waals surface area contributed by atoms with Crippen LogP contribution < -0.4 is 15.2 Å². The minimum absolute atomic E-state index is 0. The predicted molar refractivity (Wildman–Crippen MR) is 81.4 cm³/mol. The van der Waals surface area contributed by atoms with Crippen LogP contribution in [0.2, 0.25) is 0 Å². The van der Waals surface area contributed by atoms with Crippen LogP contribution in [-0.4, -0.2) is 25.5 Å². The highest BCUT2D eigenvalue weighted by atomic mass is 35.5. The van der Waals surface area contributed by atoms with Crippen LogP contribution >= 0.6 is 25.0 Å². The number of methoxy groups -OCH3 is 1. The molecule has 18 heavy (non-hydrogen) atoms. The molecular weight excluding hydrogens is 270 g/mol. The largest absolute Gasteiger partial charge is 0.497 e. The van der Waals surface area contributed by atoms with Gasteiger partial charge in [0, 0.05) is 11.8 Å². The van der Waals surface area contributed by atoms with E-state index in [9.17, 15) is 0 Å². The molecule has 0 aliphatic heterocycles. The SMILES string of the molecule is COc1ccc(OCCCC[C@@H](N)CS)cc1.Cl. The number of thiol groups is 1. The molecule has 0 aliphatic carbocycles. The van der Waals surface area contributed by atoms with Crippen molar-refractivity contribution >= 4 is 25.0 Å². The summed E-state index contributed by atoms with van der Waals surface area (Å²) in [5.74, 6) is 2.47. The van der Waals surface area contributed by atoms with E-state index in [1.54, 1.807) is 7.11 Å². The van der Waals surface area contributed by atoms with Crippen LogP contribution in [-0.2, 0) is 0 Å². The molecule has 0 bridgehead atoms. The molecule has 5 heteroatoms. The number of hydrogen-bond acceptors (Lipinski definition) is 4. The third-order valence-corrected chi connectivity index (χ3v) is 3.00. The van der Waals surface area contributed by atoms with Gasteiger partial charge in [-0.1, -0.05) is 0 Å². The molecule has 104 valence electrons. The quantitative estimate of drug-likeness (QED) is 0.572. The van der Waals surface area contributed by atoms with E-state index in [2.05, 4.69) is 12.6 Å². The first-order valence-corrected chi connectivity index (χ1v) is 6.53. The molecule has 0 saturated heterocycles. The van der Waals surface area contributed by atoms with Crippen LogP contribution in [0.1, 0.15) is 19.3 Å². The van der Waals surface area contributed by atoms with Gasteiger partial charge in [-0.25, -0.2) is 0 Å².